The molecular formula is C15H20N2S. The summed E-state index contributed by atoms with van der Waals surface area (Å²) in [6, 6.07) is 10.8. The Bertz CT molecular complexity index is 399. The number of thioether (sulfide) groups is 1. The van der Waals surface area contributed by atoms with E-state index in [1.54, 1.807) is 11.8 Å². The number of hydrogen-bond acceptors (Lipinski definition) is 3. The molecule has 0 amide bonds. The van der Waals surface area contributed by atoms with Gasteiger partial charge in [0.2, 0.25) is 0 Å². The molecule has 2 rings (SSSR count). The molecule has 0 N–H and O–H groups in total. The quantitative estimate of drug-likeness (QED) is 0.772. The third kappa shape index (κ3) is 3.28. The Labute approximate surface area is 114 Å². The Kier molecular flexibility index (Phi) is 5.10. The van der Waals surface area contributed by atoms with E-state index in [-0.39, 0.29) is 6.04 Å². The zero-order valence-electron chi connectivity index (χ0n) is 10.9. The molecular weight excluding hydrogens is 240 g/mol. The number of rotatable bonds is 3. The van der Waals surface area contributed by atoms with Gasteiger partial charge in [0.05, 0.1) is 6.07 Å². The molecule has 0 aromatic heterocycles. The van der Waals surface area contributed by atoms with Crippen LogP contribution in [0.1, 0.15) is 37.3 Å². The highest BCUT2D eigenvalue weighted by Gasteiger charge is 2.20. The maximum atomic E-state index is 9.45. The second kappa shape index (κ2) is 6.82. The lowest BCUT2D eigenvalue weighted by atomic mass is 10.1. The van der Waals surface area contributed by atoms with Crippen molar-refractivity contribution in [2.75, 3.05) is 19.3 Å². The Balaban J connectivity index is 2.13. The summed E-state index contributed by atoms with van der Waals surface area (Å²) in [5.41, 5.74) is 1.14. The van der Waals surface area contributed by atoms with Crippen LogP contribution in [0.15, 0.2) is 29.2 Å². The molecule has 0 saturated carbocycles. The Morgan fingerprint density at radius 1 is 1.11 bits per heavy atom. The lowest BCUT2D eigenvalue weighted by Crippen LogP contribution is -2.28. The molecule has 1 aromatic carbocycles. The van der Waals surface area contributed by atoms with Crippen molar-refractivity contribution in [3.8, 4) is 6.07 Å². The van der Waals surface area contributed by atoms with Gasteiger partial charge in [-0.15, -0.1) is 11.8 Å². The zero-order valence-corrected chi connectivity index (χ0v) is 11.7. The molecule has 1 fully saturated rings. The van der Waals surface area contributed by atoms with Crippen molar-refractivity contribution in [2.24, 2.45) is 0 Å². The van der Waals surface area contributed by atoms with Gasteiger partial charge in [-0.1, -0.05) is 25.0 Å². The van der Waals surface area contributed by atoms with Gasteiger partial charge < -0.3 is 0 Å². The first-order chi connectivity index (χ1) is 8.85. The molecule has 1 aliphatic rings. The first kappa shape index (κ1) is 13.5. The average molecular weight is 260 g/mol. The summed E-state index contributed by atoms with van der Waals surface area (Å²) in [6.07, 6.45) is 7.13. The standard InChI is InChI=1S/C15H20N2S/c1-18-14-8-6-13(7-9-14)15(12-16)17-10-4-2-3-5-11-17/h6-9,15H,2-5,10-11H2,1H3. The second-order valence-electron chi connectivity index (χ2n) is 4.75. The first-order valence-corrected chi connectivity index (χ1v) is 7.85. The molecule has 96 valence electrons. The summed E-state index contributed by atoms with van der Waals surface area (Å²) < 4.78 is 0. The Hall–Kier alpha value is -0.980. The van der Waals surface area contributed by atoms with Gasteiger partial charge in [-0.3, -0.25) is 4.90 Å². The van der Waals surface area contributed by atoms with Crippen LogP contribution in [-0.4, -0.2) is 24.2 Å². The van der Waals surface area contributed by atoms with Crippen molar-refractivity contribution in [3.63, 3.8) is 0 Å². The highest BCUT2D eigenvalue weighted by Crippen LogP contribution is 2.25. The lowest BCUT2D eigenvalue weighted by molar-refractivity contribution is 0.245. The maximum Gasteiger partial charge on any atom is 0.123 e. The van der Waals surface area contributed by atoms with Gasteiger partial charge in [0.25, 0.3) is 0 Å². The monoisotopic (exact) mass is 260 g/mol. The molecule has 1 heterocycles. The molecule has 1 atom stereocenters. The summed E-state index contributed by atoms with van der Waals surface area (Å²) in [7, 11) is 0. The second-order valence-corrected chi connectivity index (χ2v) is 5.63. The molecule has 1 saturated heterocycles. The number of hydrogen-bond donors (Lipinski definition) is 0. The van der Waals surface area contributed by atoms with E-state index in [0.29, 0.717) is 0 Å². The minimum Gasteiger partial charge on any atom is -0.284 e. The third-order valence-corrected chi connectivity index (χ3v) is 4.30. The molecule has 0 spiro atoms. The van der Waals surface area contributed by atoms with Crippen LogP contribution in [0.5, 0.6) is 0 Å². The van der Waals surface area contributed by atoms with E-state index in [1.807, 2.05) is 0 Å². The lowest BCUT2D eigenvalue weighted by Gasteiger charge is -2.25. The van der Waals surface area contributed by atoms with Gasteiger partial charge in [-0.05, 0) is 49.9 Å². The van der Waals surface area contributed by atoms with E-state index in [2.05, 4.69) is 41.5 Å². The summed E-state index contributed by atoms with van der Waals surface area (Å²) in [4.78, 5) is 3.59. The van der Waals surface area contributed by atoms with Crippen LogP contribution in [0, 0.1) is 11.3 Å². The smallest absolute Gasteiger partial charge is 0.123 e. The average Bonchev–Trinajstić information content (AvgIpc) is 2.70. The Morgan fingerprint density at radius 3 is 2.22 bits per heavy atom. The molecule has 2 nitrogen and oxygen atoms in total. The highest BCUT2D eigenvalue weighted by atomic mass is 32.2. The topological polar surface area (TPSA) is 27.0 Å². The van der Waals surface area contributed by atoms with Crippen molar-refractivity contribution < 1.29 is 0 Å². The highest BCUT2D eigenvalue weighted by molar-refractivity contribution is 7.98. The van der Waals surface area contributed by atoms with E-state index >= 15 is 0 Å². The van der Waals surface area contributed by atoms with Gasteiger partial charge in [0.15, 0.2) is 0 Å². The number of benzene rings is 1. The van der Waals surface area contributed by atoms with Gasteiger partial charge in [0.1, 0.15) is 6.04 Å². The van der Waals surface area contributed by atoms with Crippen molar-refractivity contribution in [2.45, 2.75) is 36.6 Å². The van der Waals surface area contributed by atoms with Crippen LogP contribution in [-0.2, 0) is 0 Å². The fourth-order valence-electron chi connectivity index (χ4n) is 2.51. The zero-order chi connectivity index (χ0) is 12.8. The molecule has 0 radical (unpaired) electrons. The summed E-state index contributed by atoms with van der Waals surface area (Å²) in [5.74, 6) is 0. The fourth-order valence-corrected chi connectivity index (χ4v) is 2.91. The van der Waals surface area contributed by atoms with Crippen molar-refractivity contribution in [3.05, 3.63) is 29.8 Å². The largest absolute Gasteiger partial charge is 0.284 e. The number of nitrogens with zero attached hydrogens (tertiary/aromatic N) is 2. The molecule has 0 aliphatic carbocycles. The first-order valence-electron chi connectivity index (χ1n) is 6.63. The van der Waals surface area contributed by atoms with Gasteiger partial charge in [0, 0.05) is 4.90 Å². The van der Waals surface area contributed by atoms with Crippen LogP contribution >= 0.6 is 11.8 Å². The van der Waals surface area contributed by atoms with E-state index < -0.39 is 0 Å². The van der Waals surface area contributed by atoms with Crippen molar-refractivity contribution in [1.29, 1.82) is 5.26 Å². The van der Waals surface area contributed by atoms with Gasteiger partial charge >= 0.3 is 0 Å². The third-order valence-electron chi connectivity index (χ3n) is 3.56. The molecule has 1 unspecified atom stereocenters. The van der Waals surface area contributed by atoms with Crippen LogP contribution in [0.4, 0.5) is 0 Å². The predicted molar refractivity (Wildman–Crippen MR) is 76.6 cm³/mol. The van der Waals surface area contributed by atoms with E-state index in [4.69, 9.17) is 0 Å². The molecule has 0 bridgehead atoms. The van der Waals surface area contributed by atoms with Crippen molar-refractivity contribution >= 4 is 11.8 Å². The van der Waals surface area contributed by atoms with Crippen LogP contribution in [0.2, 0.25) is 0 Å². The maximum absolute atomic E-state index is 9.45. The number of nitriles is 1. The van der Waals surface area contributed by atoms with Crippen LogP contribution < -0.4 is 0 Å². The van der Waals surface area contributed by atoms with E-state index in [0.717, 1.165) is 18.7 Å². The minimum atomic E-state index is -0.0704. The van der Waals surface area contributed by atoms with Crippen LogP contribution in [0.25, 0.3) is 0 Å². The van der Waals surface area contributed by atoms with Gasteiger partial charge in [-0.25, -0.2) is 0 Å². The number of likely N-dealkylation sites (tertiary alicyclic amines) is 1. The summed E-state index contributed by atoms with van der Waals surface area (Å²) in [5, 5.41) is 9.45. The summed E-state index contributed by atoms with van der Waals surface area (Å²) in [6.45, 7) is 2.12. The predicted octanol–water partition coefficient (Wildman–Crippen LogP) is 3.85. The van der Waals surface area contributed by atoms with Crippen molar-refractivity contribution in [1.82, 2.24) is 4.90 Å². The van der Waals surface area contributed by atoms with E-state index in [1.165, 1.54) is 30.6 Å². The molecule has 1 aliphatic heterocycles. The fraction of sp³-hybridized carbons (Fsp3) is 0.533. The SMILES string of the molecule is CSc1ccc(C(C#N)N2CCCCCC2)cc1. The molecule has 3 heteroatoms. The molecule has 18 heavy (non-hydrogen) atoms. The summed E-state index contributed by atoms with van der Waals surface area (Å²) >= 11 is 1.74. The minimum absolute atomic E-state index is 0.0704. The van der Waals surface area contributed by atoms with Crippen LogP contribution in [0.3, 0.4) is 0 Å². The van der Waals surface area contributed by atoms with E-state index in [9.17, 15) is 5.26 Å². The molecule has 1 aromatic rings. The normalized spacial score (nSPS) is 18.9. The van der Waals surface area contributed by atoms with Gasteiger partial charge in [-0.2, -0.15) is 5.26 Å². The Morgan fingerprint density at radius 2 is 1.72 bits per heavy atom.